The van der Waals surface area contributed by atoms with Gasteiger partial charge in [-0.3, -0.25) is 14.4 Å². The van der Waals surface area contributed by atoms with Crippen LogP contribution in [0.4, 0.5) is 0 Å². The van der Waals surface area contributed by atoms with Crippen LogP contribution in [-0.4, -0.2) is 52.9 Å². The smallest absolute Gasteiger partial charge is 0.246 e. The van der Waals surface area contributed by atoms with E-state index in [0.717, 1.165) is 24.8 Å². The van der Waals surface area contributed by atoms with Crippen LogP contribution < -0.4 is 16.4 Å². The zero-order valence-electron chi connectivity index (χ0n) is 18.3. The molecule has 0 aliphatic carbocycles. The Morgan fingerprint density at radius 2 is 1.94 bits per heavy atom. The van der Waals surface area contributed by atoms with Gasteiger partial charge in [0.15, 0.2) is 0 Å². The van der Waals surface area contributed by atoms with Gasteiger partial charge in [-0.05, 0) is 55.8 Å². The number of fused-ring (bicyclic) bond motifs is 1. The molecule has 0 bridgehead atoms. The van der Waals surface area contributed by atoms with Crippen molar-refractivity contribution < 1.29 is 19.5 Å². The molecule has 1 aromatic carbocycles. The molecule has 2 aliphatic rings. The molecule has 2 heterocycles. The van der Waals surface area contributed by atoms with Gasteiger partial charge in [0.05, 0.1) is 12.0 Å². The largest absolute Gasteiger partial charge is 0.508 e. The molecule has 8 heteroatoms. The summed E-state index contributed by atoms with van der Waals surface area (Å²) < 4.78 is 0. The van der Waals surface area contributed by atoms with Gasteiger partial charge in [-0.2, -0.15) is 0 Å². The van der Waals surface area contributed by atoms with Crippen LogP contribution >= 0.6 is 0 Å². The van der Waals surface area contributed by atoms with Gasteiger partial charge in [-0.25, -0.2) is 0 Å². The monoisotopic (exact) mass is 430 g/mol. The Morgan fingerprint density at radius 1 is 1.23 bits per heavy atom. The van der Waals surface area contributed by atoms with Gasteiger partial charge < -0.3 is 26.4 Å². The van der Waals surface area contributed by atoms with Crippen molar-refractivity contribution >= 4 is 17.7 Å². The van der Waals surface area contributed by atoms with Crippen LogP contribution in [0.3, 0.4) is 0 Å². The second-order valence-electron chi connectivity index (χ2n) is 8.97. The molecule has 8 nitrogen and oxygen atoms in total. The number of unbranched alkanes of at least 4 members (excludes halogenated alkanes) is 2. The predicted molar refractivity (Wildman–Crippen MR) is 117 cm³/mol. The summed E-state index contributed by atoms with van der Waals surface area (Å²) in [5.41, 5.74) is 6.26. The molecule has 0 radical (unpaired) electrons. The summed E-state index contributed by atoms with van der Waals surface area (Å²) in [6.07, 6.45) is 3.52. The molecule has 2 saturated heterocycles. The maximum atomic E-state index is 13.4. The van der Waals surface area contributed by atoms with E-state index in [1.807, 2.05) is 13.8 Å². The maximum Gasteiger partial charge on any atom is 0.246 e. The minimum absolute atomic E-state index is 0.111. The molecule has 0 unspecified atom stereocenters. The second-order valence-corrected chi connectivity index (χ2v) is 8.97. The average molecular weight is 431 g/mol. The van der Waals surface area contributed by atoms with E-state index in [2.05, 4.69) is 10.6 Å². The molecule has 2 fully saturated rings. The molecule has 170 valence electrons. The van der Waals surface area contributed by atoms with Crippen molar-refractivity contribution in [3.05, 3.63) is 29.8 Å². The third-order valence-corrected chi connectivity index (χ3v) is 6.12. The summed E-state index contributed by atoms with van der Waals surface area (Å²) >= 11 is 0. The van der Waals surface area contributed by atoms with E-state index in [-0.39, 0.29) is 35.8 Å². The first-order valence-electron chi connectivity index (χ1n) is 11.2. The zero-order valence-corrected chi connectivity index (χ0v) is 18.3. The lowest BCUT2D eigenvalue weighted by atomic mass is 9.92. The zero-order chi connectivity index (χ0) is 22.5. The highest BCUT2D eigenvalue weighted by molar-refractivity contribution is 5.99. The predicted octanol–water partition coefficient (Wildman–Crippen LogP) is 1.44. The Kier molecular flexibility index (Phi) is 7.54. The van der Waals surface area contributed by atoms with E-state index in [9.17, 15) is 19.5 Å². The quantitative estimate of drug-likeness (QED) is 0.441. The SMILES string of the molecule is CC(C)C[C@@H]1NC(=O)[C@@H]2C[C@H](C(=O)NCCCCCN)[C@H](c3ccc(O)cc3)N2C1=O. The highest BCUT2D eigenvalue weighted by Crippen LogP contribution is 2.43. The standard InChI is InChI=1S/C23H34N4O4/c1-14(2)12-18-23(31)27-19(22(30)26-18)13-17(21(29)25-11-5-3-4-10-24)20(27)15-6-8-16(28)9-7-15/h6-9,14,17-20,28H,3-5,10-13,24H2,1-2H3,(H,25,29)(H,26,30)/t17-,18-,19-,20-/m0/s1. The van der Waals surface area contributed by atoms with E-state index in [4.69, 9.17) is 5.73 Å². The molecular formula is C23H34N4O4. The van der Waals surface area contributed by atoms with Crippen molar-refractivity contribution in [3.8, 4) is 5.75 Å². The molecule has 0 aromatic heterocycles. The average Bonchev–Trinajstić information content (AvgIpc) is 3.13. The van der Waals surface area contributed by atoms with Crippen LogP contribution in [0.15, 0.2) is 24.3 Å². The highest BCUT2D eigenvalue weighted by Gasteiger charge is 2.54. The maximum absolute atomic E-state index is 13.4. The third kappa shape index (κ3) is 5.18. The van der Waals surface area contributed by atoms with E-state index in [1.165, 1.54) is 0 Å². The molecule has 0 saturated carbocycles. The number of hydrogen-bond donors (Lipinski definition) is 4. The number of nitrogens with one attached hydrogen (secondary N) is 2. The van der Waals surface area contributed by atoms with Gasteiger partial charge in [-0.1, -0.05) is 32.4 Å². The first kappa shape index (κ1) is 23.1. The van der Waals surface area contributed by atoms with Crippen molar-refractivity contribution in [2.75, 3.05) is 13.1 Å². The van der Waals surface area contributed by atoms with Crippen molar-refractivity contribution in [1.82, 2.24) is 15.5 Å². The third-order valence-electron chi connectivity index (χ3n) is 6.12. The minimum Gasteiger partial charge on any atom is -0.508 e. The number of nitrogens with zero attached hydrogens (tertiary/aromatic N) is 1. The van der Waals surface area contributed by atoms with Gasteiger partial charge in [0.1, 0.15) is 17.8 Å². The number of rotatable bonds is 9. The molecule has 31 heavy (non-hydrogen) atoms. The van der Waals surface area contributed by atoms with Crippen LogP contribution in [0, 0.1) is 11.8 Å². The minimum atomic E-state index is -0.664. The van der Waals surface area contributed by atoms with Gasteiger partial charge in [0.2, 0.25) is 17.7 Å². The van der Waals surface area contributed by atoms with Crippen LogP contribution in [0.5, 0.6) is 5.75 Å². The molecule has 5 N–H and O–H groups in total. The number of phenolic OH excluding ortho intramolecular Hbond substituents is 1. The number of carbonyl (C=O) groups is 3. The fourth-order valence-electron chi connectivity index (χ4n) is 4.64. The number of hydrogen-bond acceptors (Lipinski definition) is 5. The van der Waals surface area contributed by atoms with Crippen molar-refractivity contribution in [2.24, 2.45) is 17.6 Å². The van der Waals surface area contributed by atoms with Crippen molar-refractivity contribution in [2.45, 2.75) is 64.1 Å². The molecular weight excluding hydrogens is 396 g/mol. The molecule has 2 aliphatic heterocycles. The van der Waals surface area contributed by atoms with E-state index < -0.39 is 24.0 Å². The normalized spacial score (nSPS) is 25.5. The van der Waals surface area contributed by atoms with Gasteiger partial charge in [-0.15, -0.1) is 0 Å². The fraction of sp³-hybridized carbons (Fsp3) is 0.609. The Hall–Kier alpha value is -2.61. The highest BCUT2D eigenvalue weighted by atomic mass is 16.3. The summed E-state index contributed by atoms with van der Waals surface area (Å²) in [6.45, 7) is 5.19. The summed E-state index contributed by atoms with van der Waals surface area (Å²) in [5.74, 6) is -0.674. The first-order valence-corrected chi connectivity index (χ1v) is 11.2. The Labute approximate surface area is 183 Å². The Bertz CT molecular complexity index is 795. The topological polar surface area (TPSA) is 125 Å². The molecule has 1 aromatic rings. The van der Waals surface area contributed by atoms with Gasteiger partial charge >= 0.3 is 0 Å². The lowest BCUT2D eigenvalue weighted by Gasteiger charge is -2.39. The number of nitrogens with two attached hydrogens (primary N) is 1. The Morgan fingerprint density at radius 3 is 2.58 bits per heavy atom. The summed E-state index contributed by atoms with van der Waals surface area (Å²) in [7, 11) is 0. The summed E-state index contributed by atoms with van der Waals surface area (Å²) in [4.78, 5) is 40.9. The number of benzene rings is 1. The van der Waals surface area contributed by atoms with Crippen LogP contribution in [0.2, 0.25) is 0 Å². The number of amides is 3. The van der Waals surface area contributed by atoms with Crippen LogP contribution in [0.1, 0.15) is 57.6 Å². The van der Waals surface area contributed by atoms with E-state index >= 15 is 0 Å². The summed E-state index contributed by atoms with van der Waals surface area (Å²) in [6, 6.07) is 4.75. The molecule has 0 spiro atoms. The van der Waals surface area contributed by atoms with E-state index in [0.29, 0.717) is 19.5 Å². The lowest BCUT2D eigenvalue weighted by Crippen LogP contribution is -2.61. The molecule has 4 atom stereocenters. The first-order chi connectivity index (χ1) is 14.8. The lowest BCUT2D eigenvalue weighted by molar-refractivity contribution is -0.150. The number of piperazine rings is 1. The molecule has 3 amide bonds. The van der Waals surface area contributed by atoms with E-state index in [1.54, 1.807) is 29.2 Å². The number of carbonyl (C=O) groups excluding carboxylic acids is 3. The van der Waals surface area contributed by atoms with Crippen molar-refractivity contribution in [1.29, 1.82) is 0 Å². The number of phenols is 1. The summed E-state index contributed by atoms with van der Waals surface area (Å²) in [5, 5.41) is 15.5. The molecule has 3 rings (SSSR count). The fourth-order valence-corrected chi connectivity index (χ4v) is 4.64. The van der Waals surface area contributed by atoms with Gasteiger partial charge in [0, 0.05) is 6.54 Å². The van der Waals surface area contributed by atoms with Crippen molar-refractivity contribution in [3.63, 3.8) is 0 Å². The van der Waals surface area contributed by atoms with Crippen LogP contribution in [-0.2, 0) is 14.4 Å². The van der Waals surface area contributed by atoms with Gasteiger partial charge in [0.25, 0.3) is 0 Å². The second kappa shape index (κ2) is 10.1. The Balaban J connectivity index is 1.85. The van der Waals surface area contributed by atoms with Crippen LogP contribution in [0.25, 0.3) is 0 Å². The number of aromatic hydroxyl groups is 1.